The third kappa shape index (κ3) is 9.99. The van der Waals surface area contributed by atoms with Crippen molar-refractivity contribution >= 4 is 25.2 Å². The standard InChI is InChI=1S/C19H26B2O6.2C2H6/c1-14-4-3-5-15(2)7-9-27-21(25)19-11-18(20(24)26-8-6-14)16(12-22)10-17(19)13-23;2*1-2/h3-5,10-11,22-25H,1,6-9,12-13H2,2H3;2*1-2H3/b4-3-,15-5+;;. The molecule has 4 N–H and O–H groups in total. The maximum atomic E-state index is 10.4. The summed E-state index contributed by atoms with van der Waals surface area (Å²) >= 11 is 0. The Morgan fingerprint density at radius 1 is 0.871 bits per heavy atom. The van der Waals surface area contributed by atoms with Crippen LogP contribution in [-0.4, -0.2) is 47.7 Å². The van der Waals surface area contributed by atoms with Gasteiger partial charge in [-0.2, -0.15) is 0 Å². The van der Waals surface area contributed by atoms with Crippen LogP contribution in [0.4, 0.5) is 0 Å². The third-order valence-corrected chi connectivity index (χ3v) is 4.46. The Hall–Kier alpha value is -1.67. The number of rotatable bonds is 2. The van der Waals surface area contributed by atoms with Crippen LogP contribution >= 0.6 is 0 Å². The molecule has 2 rings (SSSR count). The van der Waals surface area contributed by atoms with Gasteiger partial charge in [0.15, 0.2) is 0 Å². The zero-order valence-corrected chi connectivity index (χ0v) is 19.6. The van der Waals surface area contributed by atoms with Gasteiger partial charge < -0.3 is 29.6 Å². The normalized spacial score (nSPS) is 18.1. The molecule has 1 heterocycles. The minimum Gasteiger partial charge on any atom is -0.423 e. The van der Waals surface area contributed by atoms with Gasteiger partial charge in [0.05, 0.1) is 13.2 Å². The zero-order valence-electron chi connectivity index (χ0n) is 19.6. The molecule has 0 saturated heterocycles. The summed E-state index contributed by atoms with van der Waals surface area (Å²) in [5, 5.41) is 40.0. The van der Waals surface area contributed by atoms with E-state index in [9.17, 15) is 20.3 Å². The molecule has 1 aromatic carbocycles. The summed E-state index contributed by atoms with van der Waals surface area (Å²) in [5.74, 6) is 0. The largest absolute Gasteiger partial charge is 0.491 e. The minimum atomic E-state index is -1.28. The van der Waals surface area contributed by atoms with Gasteiger partial charge in [-0.15, -0.1) is 0 Å². The van der Waals surface area contributed by atoms with Gasteiger partial charge in [0.25, 0.3) is 0 Å². The van der Waals surface area contributed by atoms with E-state index in [2.05, 4.69) is 6.58 Å². The maximum Gasteiger partial charge on any atom is 0.491 e. The van der Waals surface area contributed by atoms with Gasteiger partial charge in [0.1, 0.15) is 0 Å². The highest BCUT2D eigenvalue weighted by atomic mass is 16.5. The van der Waals surface area contributed by atoms with Crippen molar-refractivity contribution in [3.05, 3.63) is 59.2 Å². The first-order valence-electron chi connectivity index (χ1n) is 10.9. The summed E-state index contributed by atoms with van der Waals surface area (Å²) in [6.07, 6.45) is 6.91. The molecule has 0 saturated carbocycles. The second-order valence-corrected chi connectivity index (χ2v) is 6.54. The molecular formula is C23H38B2O6. The Labute approximate surface area is 188 Å². The zero-order chi connectivity index (χ0) is 23.8. The van der Waals surface area contributed by atoms with E-state index in [1.807, 2.05) is 52.8 Å². The molecule has 6 nitrogen and oxygen atoms in total. The summed E-state index contributed by atoms with van der Waals surface area (Å²) < 4.78 is 11.0. The van der Waals surface area contributed by atoms with Gasteiger partial charge >= 0.3 is 14.2 Å². The van der Waals surface area contributed by atoms with Crippen LogP contribution in [0.25, 0.3) is 0 Å². The molecule has 31 heavy (non-hydrogen) atoms. The van der Waals surface area contributed by atoms with Crippen LogP contribution in [0, 0.1) is 0 Å². The average molecular weight is 432 g/mol. The predicted molar refractivity (Wildman–Crippen MR) is 129 cm³/mol. The lowest BCUT2D eigenvalue weighted by atomic mass is 9.68. The highest BCUT2D eigenvalue weighted by Gasteiger charge is 2.27. The van der Waals surface area contributed by atoms with E-state index < -0.39 is 14.2 Å². The lowest BCUT2D eigenvalue weighted by Crippen LogP contribution is -2.44. The maximum absolute atomic E-state index is 10.4. The first-order chi connectivity index (χ1) is 15.0. The van der Waals surface area contributed by atoms with Crippen molar-refractivity contribution in [1.29, 1.82) is 0 Å². The molecule has 0 unspecified atom stereocenters. The van der Waals surface area contributed by atoms with Crippen LogP contribution in [0.15, 0.2) is 48.1 Å². The van der Waals surface area contributed by atoms with Crippen molar-refractivity contribution in [1.82, 2.24) is 0 Å². The highest BCUT2D eigenvalue weighted by Crippen LogP contribution is 2.09. The quantitative estimate of drug-likeness (QED) is 0.534. The molecule has 8 heteroatoms. The van der Waals surface area contributed by atoms with Crippen LogP contribution in [0.3, 0.4) is 0 Å². The van der Waals surface area contributed by atoms with E-state index in [4.69, 9.17) is 9.31 Å². The minimum absolute atomic E-state index is 0.244. The summed E-state index contributed by atoms with van der Waals surface area (Å²) in [6, 6.07) is 3.05. The lowest BCUT2D eigenvalue weighted by molar-refractivity contribution is 0.264. The fourth-order valence-corrected chi connectivity index (χ4v) is 2.79. The number of benzene rings is 1. The molecule has 2 bridgehead atoms. The molecule has 0 spiro atoms. The van der Waals surface area contributed by atoms with Crippen molar-refractivity contribution in [2.24, 2.45) is 0 Å². The van der Waals surface area contributed by atoms with Crippen molar-refractivity contribution in [3.8, 4) is 0 Å². The Morgan fingerprint density at radius 2 is 1.35 bits per heavy atom. The number of allylic oxidation sites excluding steroid dienone is 3. The topological polar surface area (TPSA) is 99.4 Å². The average Bonchev–Trinajstić information content (AvgIpc) is 2.80. The first-order valence-corrected chi connectivity index (χ1v) is 10.9. The smallest absolute Gasteiger partial charge is 0.423 e. The number of aliphatic hydroxyl groups is 2. The number of aliphatic hydroxyl groups excluding tert-OH is 2. The second-order valence-electron chi connectivity index (χ2n) is 6.54. The molecule has 0 radical (unpaired) electrons. The SMILES string of the molecule is C=C1/C=C\C=C(/C)CCOB(O)c2cc(c(CO)cc2CO)B(O)OCC1.CC.CC. The van der Waals surface area contributed by atoms with Gasteiger partial charge in [0, 0.05) is 13.2 Å². The molecule has 0 aliphatic carbocycles. The molecule has 0 fully saturated rings. The van der Waals surface area contributed by atoms with Crippen molar-refractivity contribution in [3.63, 3.8) is 0 Å². The van der Waals surface area contributed by atoms with E-state index in [0.29, 0.717) is 41.5 Å². The van der Waals surface area contributed by atoms with E-state index in [-0.39, 0.29) is 19.8 Å². The predicted octanol–water partition coefficient (Wildman–Crippen LogP) is 1.98. The highest BCUT2D eigenvalue weighted by molar-refractivity contribution is 6.64. The third-order valence-electron chi connectivity index (χ3n) is 4.46. The lowest BCUT2D eigenvalue weighted by Gasteiger charge is -2.18. The van der Waals surface area contributed by atoms with Crippen LogP contribution in [0.5, 0.6) is 0 Å². The van der Waals surface area contributed by atoms with E-state index >= 15 is 0 Å². The Morgan fingerprint density at radius 3 is 1.84 bits per heavy atom. The van der Waals surface area contributed by atoms with Crippen molar-refractivity contribution in [2.75, 3.05) is 13.2 Å². The van der Waals surface area contributed by atoms with Gasteiger partial charge in [-0.05, 0) is 41.8 Å². The molecule has 1 aliphatic rings. The van der Waals surface area contributed by atoms with E-state index in [0.717, 1.165) is 11.1 Å². The summed E-state index contributed by atoms with van der Waals surface area (Å²) in [6.45, 7) is 13.8. The summed E-state index contributed by atoms with van der Waals surface area (Å²) in [5.41, 5.74) is 3.46. The molecule has 0 atom stereocenters. The molecule has 172 valence electrons. The van der Waals surface area contributed by atoms with Crippen LogP contribution in [-0.2, 0) is 22.5 Å². The summed E-state index contributed by atoms with van der Waals surface area (Å²) in [4.78, 5) is 0. The van der Waals surface area contributed by atoms with E-state index in [1.165, 1.54) is 6.07 Å². The number of fused-ring (bicyclic) bond motifs is 2. The van der Waals surface area contributed by atoms with Crippen LogP contribution in [0.1, 0.15) is 58.6 Å². The van der Waals surface area contributed by atoms with Crippen LogP contribution < -0.4 is 10.9 Å². The number of hydrogen-bond donors (Lipinski definition) is 4. The Bertz CT molecular complexity index is 718. The molecule has 1 aliphatic heterocycles. The monoisotopic (exact) mass is 432 g/mol. The molecule has 0 amide bonds. The second kappa shape index (κ2) is 17.0. The van der Waals surface area contributed by atoms with Crippen molar-refractivity contribution < 1.29 is 29.6 Å². The van der Waals surface area contributed by atoms with Crippen LogP contribution in [0.2, 0.25) is 0 Å². The number of hydrogen-bond acceptors (Lipinski definition) is 6. The Kier molecular flexibility index (Phi) is 16.0. The van der Waals surface area contributed by atoms with Gasteiger partial charge in [-0.3, -0.25) is 0 Å². The Balaban J connectivity index is 0.00000212. The van der Waals surface area contributed by atoms with E-state index in [1.54, 1.807) is 6.07 Å². The van der Waals surface area contributed by atoms with Gasteiger partial charge in [-0.1, -0.05) is 75.8 Å². The molecule has 1 aromatic rings. The van der Waals surface area contributed by atoms with Gasteiger partial charge in [0.2, 0.25) is 0 Å². The fourth-order valence-electron chi connectivity index (χ4n) is 2.79. The fraction of sp³-hybridized carbons (Fsp3) is 0.478. The first kappa shape index (κ1) is 29.3. The van der Waals surface area contributed by atoms with Gasteiger partial charge in [-0.25, -0.2) is 0 Å². The summed E-state index contributed by atoms with van der Waals surface area (Å²) in [7, 11) is -2.54. The van der Waals surface area contributed by atoms with Crippen molar-refractivity contribution in [2.45, 2.75) is 60.7 Å². The molecule has 0 aromatic heterocycles. The molecular weight excluding hydrogens is 394 g/mol.